The molecule has 0 atom stereocenters. The van der Waals surface area contributed by atoms with Crippen molar-refractivity contribution in [3.05, 3.63) is 108 Å². The number of ketones is 1. The third-order valence-corrected chi connectivity index (χ3v) is 5.32. The number of thioether (sulfide) groups is 1. The van der Waals surface area contributed by atoms with Gasteiger partial charge in [0.1, 0.15) is 0 Å². The second-order valence-electron chi connectivity index (χ2n) is 6.19. The Kier molecular flexibility index (Phi) is 4.95. The van der Waals surface area contributed by atoms with Crippen molar-refractivity contribution in [2.24, 2.45) is 0 Å². The van der Waals surface area contributed by atoms with Crippen LogP contribution in [0.4, 0.5) is 0 Å². The SMILES string of the molecule is CSc1c(C(=O)c2ccccc2)c(-c2ccccc2)cn1-c1ccccc1. The molecule has 1 heterocycles. The van der Waals surface area contributed by atoms with Crippen molar-refractivity contribution in [1.29, 1.82) is 0 Å². The Morgan fingerprint density at radius 1 is 0.778 bits per heavy atom. The van der Waals surface area contributed by atoms with Crippen molar-refractivity contribution < 1.29 is 4.79 Å². The number of para-hydroxylation sites is 1. The van der Waals surface area contributed by atoms with E-state index in [9.17, 15) is 4.79 Å². The monoisotopic (exact) mass is 369 g/mol. The van der Waals surface area contributed by atoms with Crippen LogP contribution in [0.3, 0.4) is 0 Å². The van der Waals surface area contributed by atoms with Gasteiger partial charge < -0.3 is 4.57 Å². The summed E-state index contributed by atoms with van der Waals surface area (Å²) in [6.07, 6.45) is 4.10. The first kappa shape index (κ1) is 17.4. The first-order chi connectivity index (χ1) is 13.3. The summed E-state index contributed by atoms with van der Waals surface area (Å²) in [6, 6.07) is 29.7. The van der Waals surface area contributed by atoms with E-state index in [1.807, 2.05) is 73.0 Å². The van der Waals surface area contributed by atoms with E-state index in [0.717, 1.165) is 27.4 Å². The molecule has 3 heteroatoms. The quantitative estimate of drug-likeness (QED) is 0.313. The molecule has 0 saturated carbocycles. The van der Waals surface area contributed by atoms with Crippen LogP contribution in [0.25, 0.3) is 16.8 Å². The molecule has 1 aromatic heterocycles. The van der Waals surface area contributed by atoms with Gasteiger partial charge in [-0.2, -0.15) is 0 Å². The Bertz CT molecular complexity index is 1050. The summed E-state index contributed by atoms with van der Waals surface area (Å²) in [4.78, 5) is 13.4. The molecule has 0 spiro atoms. The molecular weight excluding hydrogens is 350 g/mol. The van der Waals surface area contributed by atoms with Crippen molar-refractivity contribution in [3.8, 4) is 16.8 Å². The summed E-state index contributed by atoms with van der Waals surface area (Å²) in [6.45, 7) is 0. The van der Waals surface area contributed by atoms with Crippen molar-refractivity contribution >= 4 is 17.5 Å². The molecule has 4 aromatic rings. The average molecular weight is 369 g/mol. The van der Waals surface area contributed by atoms with Gasteiger partial charge in [-0.05, 0) is 24.0 Å². The lowest BCUT2D eigenvalue weighted by atomic mass is 9.98. The highest BCUT2D eigenvalue weighted by atomic mass is 32.2. The van der Waals surface area contributed by atoms with Crippen molar-refractivity contribution in [3.63, 3.8) is 0 Å². The van der Waals surface area contributed by atoms with Crippen LogP contribution in [0.2, 0.25) is 0 Å². The summed E-state index contributed by atoms with van der Waals surface area (Å²) in [7, 11) is 0. The number of hydrogen-bond donors (Lipinski definition) is 0. The molecule has 27 heavy (non-hydrogen) atoms. The lowest BCUT2D eigenvalue weighted by Gasteiger charge is -2.09. The number of aromatic nitrogens is 1. The Hall–Kier alpha value is -3.04. The van der Waals surface area contributed by atoms with Gasteiger partial charge in [-0.25, -0.2) is 0 Å². The van der Waals surface area contributed by atoms with Crippen LogP contribution < -0.4 is 0 Å². The first-order valence-corrected chi connectivity index (χ1v) is 10.0. The van der Waals surface area contributed by atoms with Gasteiger partial charge in [-0.3, -0.25) is 4.79 Å². The molecule has 0 aliphatic heterocycles. The van der Waals surface area contributed by atoms with Gasteiger partial charge in [0.05, 0.1) is 10.6 Å². The summed E-state index contributed by atoms with van der Waals surface area (Å²) < 4.78 is 2.11. The van der Waals surface area contributed by atoms with Crippen molar-refractivity contribution in [2.45, 2.75) is 5.03 Å². The number of rotatable bonds is 5. The fourth-order valence-electron chi connectivity index (χ4n) is 3.26. The largest absolute Gasteiger partial charge is 0.310 e. The van der Waals surface area contributed by atoms with E-state index < -0.39 is 0 Å². The summed E-state index contributed by atoms with van der Waals surface area (Å²) in [5, 5.41) is 0.953. The molecular formula is C24H19NOS. The Morgan fingerprint density at radius 3 is 1.93 bits per heavy atom. The van der Waals surface area contributed by atoms with Crippen LogP contribution in [0, 0.1) is 0 Å². The zero-order chi connectivity index (χ0) is 18.6. The molecule has 0 saturated heterocycles. The van der Waals surface area contributed by atoms with Crippen LogP contribution >= 0.6 is 11.8 Å². The van der Waals surface area contributed by atoms with Crippen LogP contribution in [0.15, 0.2) is 102 Å². The Labute approximate surface area is 163 Å². The molecule has 0 radical (unpaired) electrons. The van der Waals surface area contributed by atoms with Gasteiger partial charge in [-0.1, -0.05) is 78.9 Å². The topological polar surface area (TPSA) is 22.0 Å². The van der Waals surface area contributed by atoms with E-state index in [-0.39, 0.29) is 5.78 Å². The maximum Gasteiger partial charge on any atom is 0.196 e. The Morgan fingerprint density at radius 2 is 1.33 bits per heavy atom. The van der Waals surface area contributed by atoms with Crippen LogP contribution in [-0.4, -0.2) is 16.6 Å². The van der Waals surface area contributed by atoms with E-state index in [1.165, 1.54) is 0 Å². The minimum absolute atomic E-state index is 0.0495. The number of carbonyl (C=O) groups excluding carboxylic acids is 1. The minimum Gasteiger partial charge on any atom is -0.310 e. The molecule has 3 aromatic carbocycles. The minimum atomic E-state index is 0.0495. The Balaban J connectivity index is 1.97. The molecule has 4 rings (SSSR count). The second kappa shape index (κ2) is 7.68. The number of nitrogens with zero attached hydrogens (tertiary/aromatic N) is 1. The van der Waals surface area contributed by atoms with E-state index in [0.29, 0.717) is 5.56 Å². The highest BCUT2D eigenvalue weighted by molar-refractivity contribution is 7.98. The predicted octanol–water partition coefficient (Wildman–Crippen LogP) is 6.10. The molecule has 0 aliphatic carbocycles. The third kappa shape index (κ3) is 3.34. The standard InChI is InChI=1S/C24H19NOS/c1-27-24-22(23(26)19-13-7-3-8-14-19)21(18-11-5-2-6-12-18)17-25(24)20-15-9-4-10-16-20/h2-17H,1H3. The normalized spacial score (nSPS) is 10.7. The van der Waals surface area contributed by atoms with Gasteiger partial charge in [-0.15, -0.1) is 11.8 Å². The van der Waals surface area contributed by atoms with E-state index >= 15 is 0 Å². The smallest absolute Gasteiger partial charge is 0.196 e. The summed E-state index contributed by atoms with van der Waals surface area (Å²) in [5.74, 6) is 0.0495. The van der Waals surface area contributed by atoms with Gasteiger partial charge in [0.25, 0.3) is 0 Å². The van der Waals surface area contributed by atoms with Crippen molar-refractivity contribution in [2.75, 3.05) is 6.26 Å². The lowest BCUT2D eigenvalue weighted by Crippen LogP contribution is -2.04. The predicted molar refractivity (Wildman–Crippen MR) is 113 cm³/mol. The number of hydrogen-bond acceptors (Lipinski definition) is 2. The van der Waals surface area contributed by atoms with E-state index in [4.69, 9.17) is 0 Å². The van der Waals surface area contributed by atoms with Gasteiger partial charge >= 0.3 is 0 Å². The zero-order valence-corrected chi connectivity index (χ0v) is 15.8. The molecule has 0 bridgehead atoms. The van der Waals surface area contributed by atoms with Crippen LogP contribution in [0.5, 0.6) is 0 Å². The zero-order valence-electron chi connectivity index (χ0n) is 15.0. The highest BCUT2D eigenvalue weighted by Gasteiger charge is 2.24. The van der Waals surface area contributed by atoms with E-state index in [1.54, 1.807) is 11.8 Å². The average Bonchev–Trinajstić information content (AvgIpc) is 3.14. The van der Waals surface area contributed by atoms with Crippen LogP contribution in [0.1, 0.15) is 15.9 Å². The van der Waals surface area contributed by atoms with Gasteiger partial charge in [0, 0.05) is 23.0 Å². The summed E-state index contributed by atoms with van der Waals surface area (Å²) >= 11 is 1.60. The van der Waals surface area contributed by atoms with Gasteiger partial charge in [0.15, 0.2) is 5.78 Å². The van der Waals surface area contributed by atoms with E-state index in [2.05, 4.69) is 35.0 Å². The second-order valence-corrected chi connectivity index (χ2v) is 6.99. The number of carbonyl (C=O) groups is 1. The van der Waals surface area contributed by atoms with Gasteiger partial charge in [0.2, 0.25) is 0 Å². The summed E-state index contributed by atoms with van der Waals surface area (Å²) in [5.41, 5.74) is 4.50. The molecule has 0 aliphatic rings. The third-order valence-electron chi connectivity index (χ3n) is 4.54. The molecule has 0 fully saturated rings. The van der Waals surface area contributed by atoms with Crippen molar-refractivity contribution in [1.82, 2.24) is 4.57 Å². The molecule has 0 amide bonds. The molecule has 0 N–H and O–H groups in total. The lowest BCUT2D eigenvalue weighted by molar-refractivity contribution is 0.103. The highest BCUT2D eigenvalue weighted by Crippen LogP contribution is 2.36. The molecule has 2 nitrogen and oxygen atoms in total. The fourth-order valence-corrected chi connectivity index (χ4v) is 4.02. The maximum atomic E-state index is 13.4. The molecule has 0 unspecified atom stereocenters. The molecule has 132 valence electrons. The first-order valence-electron chi connectivity index (χ1n) is 8.79. The fraction of sp³-hybridized carbons (Fsp3) is 0.0417. The van der Waals surface area contributed by atoms with Crippen LogP contribution in [-0.2, 0) is 0 Å². The number of benzene rings is 3. The maximum absolute atomic E-state index is 13.4.